The predicted octanol–water partition coefficient (Wildman–Crippen LogP) is 3.72. The van der Waals surface area contributed by atoms with Crippen molar-refractivity contribution in [1.82, 2.24) is 9.80 Å². The molecule has 3 aromatic rings. The van der Waals surface area contributed by atoms with Crippen LogP contribution >= 0.6 is 0 Å². The number of nitrogens with zero attached hydrogens (tertiary/aromatic N) is 2. The standard InChI is InChI=1S/C26H28N2O5/c29-25(27-12-14-31-15-13-27)21-6-3-11-28(17-21)26(30)24-10-9-23(33-24)18-32-22-8-7-19-4-1-2-5-20(19)16-22/h1-2,4-5,7-10,16,21H,3,6,11-15,17-18H2. The van der Waals surface area contributed by atoms with E-state index < -0.39 is 0 Å². The fraction of sp³-hybridized carbons (Fsp3) is 0.385. The van der Waals surface area contributed by atoms with Gasteiger partial charge in [0.05, 0.1) is 19.1 Å². The molecule has 2 fully saturated rings. The van der Waals surface area contributed by atoms with Gasteiger partial charge in [0.25, 0.3) is 5.91 Å². The number of amides is 2. The first kappa shape index (κ1) is 21.5. The van der Waals surface area contributed by atoms with Crippen molar-refractivity contribution in [2.45, 2.75) is 19.4 Å². The second-order valence-electron chi connectivity index (χ2n) is 8.59. The molecule has 33 heavy (non-hydrogen) atoms. The van der Waals surface area contributed by atoms with Crippen molar-refractivity contribution >= 4 is 22.6 Å². The van der Waals surface area contributed by atoms with Crippen molar-refractivity contribution < 1.29 is 23.5 Å². The Morgan fingerprint density at radius 1 is 0.939 bits per heavy atom. The molecule has 2 aliphatic heterocycles. The lowest BCUT2D eigenvalue weighted by Gasteiger charge is -2.35. The number of fused-ring (bicyclic) bond motifs is 1. The van der Waals surface area contributed by atoms with Crippen LogP contribution in [0.3, 0.4) is 0 Å². The smallest absolute Gasteiger partial charge is 0.289 e. The lowest BCUT2D eigenvalue weighted by molar-refractivity contribution is -0.141. The van der Waals surface area contributed by atoms with Crippen molar-refractivity contribution in [2.75, 3.05) is 39.4 Å². The topological polar surface area (TPSA) is 72.2 Å². The summed E-state index contributed by atoms with van der Waals surface area (Å²) in [6, 6.07) is 17.5. The first-order chi connectivity index (χ1) is 16.2. The Bertz CT molecular complexity index is 1130. The Morgan fingerprint density at radius 3 is 2.61 bits per heavy atom. The minimum absolute atomic E-state index is 0.125. The van der Waals surface area contributed by atoms with E-state index >= 15 is 0 Å². The second-order valence-corrected chi connectivity index (χ2v) is 8.59. The minimum atomic E-state index is -0.175. The van der Waals surface area contributed by atoms with E-state index in [1.54, 1.807) is 17.0 Å². The van der Waals surface area contributed by atoms with Gasteiger partial charge in [-0.2, -0.15) is 0 Å². The molecule has 2 saturated heterocycles. The largest absolute Gasteiger partial charge is 0.486 e. The monoisotopic (exact) mass is 448 g/mol. The fourth-order valence-electron chi connectivity index (χ4n) is 4.54. The number of likely N-dealkylation sites (tertiary alicyclic amines) is 1. The van der Waals surface area contributed by atoms with Gasteiger partial charge in [0.1, 0.15) is 18.1 Å². The molecular formula is C26H28N2O5. The molecule has 7 nitrogen and oxygen atoms in total. The van der Waals surface area contributed by atoms with E-state index in [4.69, 9.17) is 13.9 Å². The fourth-order valence-corrected chi connectivity index (χ4v) is 4.54. The van der Waals surface area contributed by atoms with Crippen LogP contribution in [0.1, 0.15) is 29.2 Å². The van der Waals surface area contributed by atoms with Crippen LogP contribution < -0.4 is 4.74 Å². The number of furan rings is 1. The van der Waals surface area contributed by atoms with Gasteiger partial charge in [-0.25, -0.2) is 0 Å². The van der Waals surface area contributed by atoms with E-state index in [0.717, 1.165) is 29.4 Å². The third-order valence-electron chi connectivity index (χ3n) is 6.36. The maximum Gasteiger partial charge on any atom is 0.289 e. The number of morpholine rings is 1. The summed E-state index contributed by atoms with van der Waals surface area (Å²) in [7, 11) is 0. The van der Waals surface area contributed by atoms with Crippen LogP contribution in [-0.2, 0) is 16.1 Å². The van der Waals surface area contributed by atoms with E-state index in [2.05, 4.69) is 6.07 Å². The molecule has 172 valence electrons. The summed E-state index contributed by atoms with van der Waals surface area (Å²) < 4.78 is 17.0. The van der Waals surface area contributed by atoms with Gasteiger partial charge >= 0.3 is 0 Å². The number of ether oxygens (including phenoxy) is 2. The summed E-state index contributed by atoms with van der Waals surface area (Å²) >= 11 is 0. The Labute approximate surface area is 192 Å². The highest BCUT2D eigenvalue weighted by Crippen LogP contribution is 2.24. The number of benzene rings is 2. The number of piperidine rings is 1. The molecule has 1 aromatic heterocycles. The molecule has 0 aliphatic carbocycles. The molecule has 0 spiro atoms. The molecule has 7 heteroatoms. The van der Waals surface area contributed by atoms with Crippen LogP contribution in [0.15, 0.2) is 59.0 Å². The van der Waals surface area contributed by atoms with Gasteiger partial charge in [0.2, 0.25) is 5.91 Å². The van der Waals surface area contributed by atoms with Gasteiger partial charge in [-0.3, -0.25) is 9.59 Å². The zero-order valence-electron chi connectivity index (χ0n) is 18.6. The summed E-state index contributed by atoms with van der Waals surface area (Å²) in [6.45, 7) is 3.72. The summed E-state index contributed by atoms with van der Waals surface area (Å²) in [5.74, 6) is 1.41. The van der Waals surface area contributed by atoms with Crippen LogP contribution in [0.4, 0.5) is 0 Å². The first-order valence-electron chi connectivity index (χ1n) is 11.5. The van der Waals surface area contributed by atoms with Crippen molar-refractivity contribution in [3.05, 3.63) is 66.1 Å². The Morgan fingerprint density at radius 2 is 1.76 bits per heavy atom. The van der Waals surface area contributed by atoms with Gasteiger partial charge in [0, 0.05) is 26.2 Å². The second kappa shape index (κ2) is 9.67. The van der Waals surface area contributed by atoms with Gasteiger partial charge in [0.15, 0.2) is 5.76 Å². The third kappa shape index (κ3) is 4.88. The first-order valence-corrected chi connectivity index (χ1v) is 11.5. The molecule has 0 bridgehead atoms. The highest BCUT2D eigenvalue weighted by Gasteiger charge is 2.33. The van der Waals surface area contributed by atoms with Crippen molar-refractivity contribution in [2.24, 2.45) is 5.92 Å². The summed E-state index contributed by atoms with van der Waals surface area (Å²) in [4.78, 5) is 29.5. The molecule has 0 radical (unpaired) electrons. The molecule has 1 unspecified atom stereocenters. The Kier molecular flexibility index (Phi) is 6.30. The average molecular weight is 449 g/mol. The predicted molar refractivity (Wildman–Crippen MR) is 123 cm³/mol. The van der Waals surface area contributed by atoms with Gasteiger partial charge in [-0.1, -0.05) is 30.3 Å². The molecule has 2 aliphatic rings. The summed E-state index contributed by atoms with van der Waals surface area (Å²) in [5.41, 5.74) is 0. The average Bonchev–Trinajstić information content (AvgIpc) is 3.36. The van der Waals surface area contributed by atoms with Crippen LogP contribution in [0.2, 0.25) is 0 Å². The maximum atomic E-state index is 13.0. The molecule has 3 heterocycles. The van der Waals surface area contributed by atoms with E-state index in [1.807, 2.05) is 41.3 Å². The number of rotatable bonds is 5. The lowest BCUT2D eigenvalue weighted by atomic mass is 9.96. The molecule has 2 aromatic carbocycles. The molecule has 0 saturated carbocycles. The Balaban J connectivity index is 1.19. The quantitative estimate of drug-likeness (QED) is 0.595. The van der Waals surface area contributed by atoms with Crippen LogP contribution in [-0.4, -0.2) is 61.0 Å². The van der Waals surface area contributed by atoms with Gasteiger partial charge in [-0.15, -0.1) is 0 Å². The van der Waals surface area contributed by atoms with E-state index in [-0.39, 0.29) is 30.1 Å². The Hall–Kier alpha value is -3.32. The molecule has 1 atom stereocenters. The van der Waals surface area contributed by atoms with Crippen LogP contribution in [0.5, 0.6) is 5.75 Å². The number of carbonyl (C=O) groups excluding carboxylic acids is 2. The van der Waals surface area contributed by atoms with Crippen molar-refractivity contribution in [3.8, 4) is 5.75 Å². The summed E-state index contributed by atoms with van der Waals surface area (Å²) in [5, 5.41) is 2.26. The number of hydrogen-bond acceptors (Lipinski definition) is 5. The van der Waals surface area contributed by atoms with Crippen molar-refractivity contribution in [3.63, 3.8) is 0 Å². The van der Waals surface area contributed by atoms with Crippen molar-refractivity contribution in [1.29, 1.82) is 0 Å². The van der Waals surface area contributed by atoms with E-state index in [0.29, 0.717) is 45.2 Å². The zero-order chi connectivity index (χ0) is 22.6. The number of carbonyl (C=O) groups is 2. The lowest BCUT2D eigenvalue weighted by Crippen LogP contribution is -2.49. The highest BCUT2D eigenvalue weighted by molar-refractivity contribution is 5.92. The number of hydrogen-bond donors (Lipinski definition) is 0. The van der Waals surface area contributed by atoms with E-state index in [9.17, 15) is 9.59 Å². The zero-order valence-corrected chi connectivity index (χ0v) is 18.6. The highest BCUT2D eigenvalue weighted by atomic mass is 16.5. The van der Waals surface area contributed by atoms with Gasteiger partial charge < -0.3 is 23.7 Å². The summed E-state index contributed by atoms with van der Waals surface area (Å²) in [6.07, 6.45) is 1.62. The maximum absolute atomic E-state index is 13.0. The molecule has 0 N–H and O–H groups in total. The SMILES string of the molecule is O=C(c1ccc(COc2ccc3ccccc3c2)o1)N1CCCC(C(=O)N2CCOCC2)C1. The van der Waals surface area contributed by atoms with Gasteiger partial charge in [-0.05, 0) is 47.9 Å². The molecule has 2 amide bonds. The third-order valence-corrected chi connectivity index (χ3v) is 6.36. The molecule has 5 rings (SSSR count). The molecular weight excluding hydrogens is 420 g/mol. The van der Waals surface area contributed by atoms with Crippen LogP contribution in [0, 0.1) is 5.92 Å². The van der Waals surface area contributed by atoms with E-state index in [1.165, 1.54) is 0 Å². The van der Waals surface area contributed by atoms with Crippen LogP contribution in [0.25, 0.3) is 10.8 Å². The minimum Gasteiger partial charge on any atom is -0.486 e. The normalized spacial score (nSPS) is 19.0.